The quantitative estimate of drug-likeness (QED) is 0.820. The molecule has 0 aliphatic carbocycles. The molecule has 1 rings (SSSR count). The highest BCUT2D eigenvalue weighted by molar-refractivity contribution is 7.89. The van der Waals surface area contributed by atoms with Gasteiger partial charge in [0.2, 0.25) is 10.0 Å². The topological polar surface area (TPSA) is 83.9 Å². The number of hydrogen-bond donors (Lipinski definition) is 1. The number of aliphatic carboxylic acids is 1. The predicted octanol–water partition coefficient (Wildman–Crippen LogP) is 1.33. The zero-order valence-electron chi connectivity index (χ0n) is 12.7. The third kappa shape index (κ3) is 4.26. The van der Waals surface area contributed by atoms with Gasteiger partial charge in [0.25, 0.3) is 0 Å². The van der Waals surface area contributed by atoms with Gasteiger partial charge in [-0.3, -0.25) is 4.79 Å². The zero-order valence-corrected chi connectivity index (χ0v) is 13.5. The van der Waals surface area contributed by atoms with Gasteiger partial charge in [-0.25, -0.2) is 8.42 Å². The molecule has 0 aromatic heterocycles. The first-order valence-corrected chi connectivity index (χ1v) is 7.93. The Kier molecular flexibility index (Phi) is 5.88. The molecule has 6 nitrogen and oxygen atoms in total. The van der Waals surface area contributed by atoms with Crippen molar-refractivity contribution in [2.75, 3.05) is 26.8 Å². The largest absolute Gasteiger partial charge is 0.480 e. The minimum absolute atomic E-state index is 0.00209. The molecule has 0 saturated carbocycles. The van der Waals surface area contributed by atoms with E-state index in [-0.39, 0.29) is 18.0 Å². The van der Waals surface area contributed by atoms with Gasteiger partial charge in [0.15, 0.2) is 0 Å². The van der Waals surface area contributed by atoms with Crippen LogP contribution in [0.1, 0.15) is 16.7 Å². The average Bonchev–Trinajstić information content (AvgIpc) is 2.32. The summed E-state index contributed by atoms with van der Waals surface area (Å²) in [5.74, 6) is -1.20. The first kappa shape index (κ1) is 17.6. The molecule has 0 amide bonds. The van der Waals surface area contributed by atoms with Crippen LogP contribution in [0.15, 0.2) is 17.0 Å². The maximum atomic E-state index is 12.7. The molecule has 1 aromatic carbocycles. The summed E-state index contributed by atoms with van der Waals surface area (Å²) in [5, 5.41) is 8.93. The maximum Gasteiger partial charge on any atom is 0.318 e. The Bertz CT molecular complexity index is 601. The van der Waals surface area contributed by atoms with Crippen LogP contribution in [-0.2, 0) is 19.6 Å². The molecule has 0 spiro atoms. The van der Waals surface area contributed by atoms with E-state index in [1.54, 1.807) is 26.0 Å². The summed E-state index contributed by atoms with van der Waals surface area (Å²) in [7, 11) is -2.44. The van der Waals surface area contributed by atoms with E-state index in [0.717, 1.165) is 9.87 Å². The molecular formula is C14H21NO5S. The van der Waals surface area contributed by atoms with Crippen LogP contribution in [0, 0.1) is 20.8 Å². The number of carboxylic acid groups (broad SMARTS) is 1. The third-order valence-electron chi connectivity index (χ3n) is 3.06. The lowest BCUT2D eigenvalue weighted by molar-refractivity contribution is -0.137. The van der Waals surface area contributed by atoms with Crippen molar-refractivity contribution >= 4 is 16.0 Å². The Labute approximate surface area is 125 Å². The van der Waals surface area contributed by atoms with Crippen molar-refractivity contribution < 1.29 is 23.1 Å². The van der Waals surface area contributed by atoms with Crippen LogP contribution in [-0.4, -0.2) is 50.6 Å². The number of aryl methyl sites for hydroxylation is 3. The highest BCUT2D eigenvalue weighted by Gasteiger charge is 2.29. The summed E-state index contributed by atoms with van der Waals surface area (Å²) in [5.41, 5.74) is 2.19. The van der Waals surface area contributed by atoms with Crippen molar-refractivity contribution in [3.8, 4) is 0 Å². The van der Waals surface area contributed by atoms with E-state index < -0.39 is 22.5 Å². The molecule has 0 aliphatic heterocycles. The van der Waals surface area contributed by atoms with Gasteiger partial charge in [0, 0.05) is 13.7 Å². The van der Waals surface area contributed by atoms with E-state index in [0.29, 0.717) is 11.1 Å². The molecule has 118 valence electrons. The normalized spacial score (nSPS) is 11.9. The number of rotatable bonds is 7. The SMILES string of the molecule is COCCN(CC(=O)O)S(=O)(=O)c1c(C)cc(C)cc1C. The second kappa shape index (κ2) is 7.02. The van der Waals surface area contributed by atoms with Crippen molar-refractivity contribution in [3.63, 3.8) is 0 Å². The Morgan fingerprint density at radius 1 is 1.24 bits per heavy atom. The Morgan fingerprint density at radius 2 is 1.76 bits per heavy atom. The first-order chi connectivity index (χ1) is 9.70. The Morgan fingerprint density at radius 3 is 2.19 bits per heavy atom. The fourth-order valence-corrected chi connectivity index (χ4v) is 4.12. The third-order valence-corrected chi connectivity index (χ3v) is 5.21. The monoisotopic (exact) mass is 315 g/mol. The van der Waals surface area contributed by atoms with Gasteiger partial charge < -0.3 is 9.84 Å². The van der Waals surface area contributed by atoms with Gasteiger partial charge in [-0.05, 0) is 31.9 Å². The van der Waals surface area contributed by atoms with Gasteiger partial charge in [0.05, 0.1) is 11.5 Å². The van der Waals surface area contributed by atoms with Gasteiger partial charge in [-0.15, -0.1) is 0 Å². The highest BCUT2D eigenvalue weighted by Crippen LogP contribution is 2.25. The van der Waals surface area contributed by atoms with Crippen LogP contribution in [0.5, 0.6) is 0 Å². The van der Waals surface area contributed by atoms with Gasteiger partial charge in [-0.2, -0.15) is 4.31 Å². The second-order valence-electron chi connectivity index (χ2n) is 4.95. The van der Waals surface area contributed by atoms with Crippen molar-refractivity contribution in [1.82, 2.24) is 4.31 Å². The van der Waals surface area contributed by atoms with Crippen LogP contribution in [0.25, 0.3) is 0 Å². The zero-order chi connectivity index (χ0) is 16.2. The molecular weight excluding hydrogens is 294 g/mol. The predicted molar refractivity (Wildman–Crippen MR) is 78.9 cm³/mol. The first-order valence-electron chi connectivity index (χ1n) is 6.49. The lowest BCUT2D eigenvalue weighted by atomic mass is 10.1. The highest BCUT2D eigenvalue weighted by atomic mass is 32.2. The molecule has 0 aliphatic rings. The Hall–Kier alpha value is -1.44. The molecule has 0 atom stereocenters. The summed E-state index contributed by atoms with van der Waals surface area (Å²) >= 11 is 0. The van der Waals surface area contributed by atoms with Crippen molar-refractivity contribution in [3.05, 3.63) is 28.8 Å². The van der Waals surface area contributed by atoms with Crippen molar-refractivity contribution in [2.24, 2.45) is 0 Å². The van der Waals surface area contributed by atoms with Crippen molar-refractivity contribution in [2.45, 2.75) is 25.7 Å². The molecule has 0 radical (unpaired) electrons. The standard InChI is InChI=1S/C14H21NO5S/c1-10-7-11(2)14(12(3)8-10)21(18,19)15(5-6-20-4)9-13(16)17/h7-8H,5-6,9H2,1-4H3,(H,16,17). The summed E-state index contributed by atoms with van der Waals surface area (Å²) < 4.78 is 31.3. The van der Waals surface area contributed by atoms with Gasteiger partial charge >= 0.3 is 5.97 Å². The van der Waals surface area contributed by atoms with Crippen LogP contribution >= 0.6 is 0 Å². The number of sulfonamides is 1. The molecule has 7 heteroatoms. The maximum absolute atomic E-state index is 12.7. The van der Waals surface area contributed by atoms with Gasteiger partial charge in [0.1, 0.15) is 6.54 Å². The lowest BCUT2D eigenvalue weighted by Gasteiger charge is -2.22. The lowest BCUT2D eigenvalue weighted by Crippen LogP contribution is -2.38. The van der Waals surface area contributed by atoms with Crippen LogP contribution in [0.3, 0.4) is 0 Å². The van der Waals surface area contributed by atoms with E-state index in [2.05, 4.69) is 0 Å². The number of ether oxygens (including phenoxy) is 1. The Balaban J connectivity index is 3.31. The summed E-state index contributed by atoms with van der Waals surface area (Å²) in [6.45, 7) is 4.85. The molecule has 21 heavy (non-hydrogen) atoms. The smallest absolute Gasteiger partial charge is 0.318 e. The van der Waals surface area contributed by atoms with E-state index in [1.807, 2.05) is 6.92 Å². The van der Waals surface area contributed by atoms with Crippen molar-refractivity contribution in [1.29, 1.82) is 0 Å². The molecule has 0 fully saturated rings. The fraction of sp³-hybridized carbons (Fsp3) is 0.500. The number of nitrogens with zero attached hydrogens (tertiary/aromatic N) is 1. The average molecular weight is 315 g/mol. The summed E-state index contributed by atoms with van der Waals surface area (Å²) in [4.78, 5) is 11.1. The summed E-state index contributed by atoms with van der Waals surface area (Å²) in [6.07, 6.45) is 0. The number of benzene rings is 1. The molecule has 0 saturated heterocycles. The van der Waals surface area contributed by atoms with Crippen LogP contribution in [0.4, 0.5) is 0 Å². The van der Waals surface area contributed by atoms with Gasteiger partial charge in [-0.1, -0.05) is 17.7 Å². The molecule has 0 unspecified atom stereocenters. The van der Waals surface area contributed by atoms with E-state index >= 15 is 0 Å². The molecule has 1 aromatic rings. The van der Waals surface area contributed by atoms with E-state index in [9.17, 15) is 13.2 Å². The van der Waals surface area contributed by atoms with E-state index in [4.69, 9.17) is 9.84 Å². The van der Waals surface area contributed by atoms with Crippen LogP contribution < -0.4 is 0 Å². The number of carboxylic acids is 1. The minimum atomic E-state index is -3.87. The van der Waals surface area contributed by atoms with E-state index in [1.165, 1.54) is 7.11 Å². The van der Waals surface area contributed by atoms with Crippen LogP contribution in [0.2, 0.25) is 0 Å². The molecule has 0 heterocycles. The summed E-state index contributed by atoms with van der Waals surface area (Å²) in [6, 6.07) is 3.55. The molecule has 1 N–H and O–H groups in total. The number of methoxy groups -OCH3 is 1. The number of hydrogen-bond acceptors (Lipinski definition) is 4. The minimum Gasteiger partial charge on any atom is -0.480 e. The second-order valence-corrected chi connectivity index (χ2v) is 6.83. The number of carbonyl (C=O) groups is 1. The molecule has 0 bridgehead atoms. The fourth-order valence-electron chi connectivity index (χ4n) is 2.33.